The van der Waals surface area contributed by atoms with Crippen molar-refractivity contribution in [2.45, 2.75) is 31.8 Å². The first kappa shape index (κ1) is 16.2. The highest BCUT2D eigenvalue weighted by Crippen LogP contribution is 2.30. The molecule has 0 spiro atoms. The first-order chi connectivity index (χ1) is 12.3. The van der Waals surface area contributed by atoms with Crippen molar-refractivity contribution in [1.29, 1.82) is 0 Å². The molecular weight excluding hydrogens is 332 g/mol. The number of nitrogens with zero attached hydrogens (tertiary/aromatic N) is 1. The van der Waals surface area contributed by atoms with Crippen LogP contribution >= 0.6 is 11.3 Å². The molecule has 0 aliphatic carbocycles. The highest BCUT2D eigenvalue weighted by molar-refractivity contribution is 7.21. The number of para-hydroxylation sites is 1. The molecule has 1 aromatic heterocycles. The Bertz CT molecular complexity index is 834. The number of rotatable bonds is 5. The molecule has 1 unspecified atom stereocenters. The first-order valence-corrected chi connectivity index (χ1v) is 9.47. The average molecular weight is 352 g/mol. The topological polar surface area (TPSA) is 51.2 Å². The Kier molecular flexibility index (Phi) is 4.76. The maximum atomic E-state index is 12.1. The van der Waals surface area contributed by atoms with E-state index >= 15 is 0 Å². The second-order valence-electron chi connectivity index (χ2n) is 6.29. The van der Waals surface area contributed by atoms with Crippen LogP contribution in [0.2, 0.25) is 0 Å². The summed E-state index contributed by atoms with van der Waals surface area (Å²) in [6, 6.07) is 16.0. The third kappa shape index (κ3) is 3.89. The fourth-order valence-corrected chi connectivity index (χ4v) is 4.05. The number of benzene rings is 2. The molecule has 0 radical (unpaired) electrons. The van der Waals surface area contributed by atoms with Crippen molar-refractivity contribution in [2.24, 2.45) is 0 Å². The zero-order valence-corrected chi connectivity index (χ0v) is 14.7. The molecule has 1 N–H and O–H groups in total. The van der Waals surface area contributed by atoms with Crippen molar-refractivity contribution in [3.05, 3.63) is 48.5 Å². The van der Waals surface area contributed by atoms with E-state index in [0.29, 0.717) is 6.42 Å². The molecule has 1 saturated heterocycles. The van der Waals surface area contributed by atoms with Gasteiger partial charge in [-0.05, 0) is 55.7 Å². The number of thiazole rings is 1. The van der Waals surface area contributed by atoms with Gasteiger partial charge in [0.15, 0.2) is 0 Å². The zero-order valence-electron chi connectivity index (χ0n) is 13.9. The molecule has 2 heterocycles. The van der Waals surface area contributed by atoms with Crippen LogP contribution < -0.4 is 5.32 Å². The zero-order chi connectivity index (χ0) is 17.1. The number of fused-ring (bicyclic) bond motifs is 1. The molecule has 1 fully saturated rings. The maximum Gasteiger partial charge on any atom is 0.224 e. The van der Waals surface area contributed by atoms with Crippen LogP contribution in [0.5, 0.6) is 0 Å². The van der Waals surface area contributed by atoms with Gasteiger partial charge in [0, 0.05) is 24.3 Å². The highest BCUT2D eigenvalue weighted by atomic mass is 32.1. The van der Waals surface area contributed by atoms with E-state index in [9.17, 15) is 4.79 Å². The van der Waals surface area contributed by atoms with Crippen molar-refractivity contribution >= 4 is 33.1 Å². The minimum absolute atomic E-state index is 0.0447. The van der Waals surface area contributed by atoms with E-state index in [0.717, 1.165) is 47.6 Å². The number of aromatic nitrogens is 1. The molecule has 5 heteroatoms. The summed E-state index contributed by atoms with van der Waals surface area (Å²) in [7, 11) is 0. The number of amides is 1. The summed E-state index contributed by atoms with van der Waals surface area (Å²) in [6.45, 7) is 0.833. The summed E-state index contributed by atoms with van der Waals surface area (Å²) in [4.78, 5) is 16.7. The van der Waals surface area contributed by atoms with Gasteiger partial charge in [-0.1, -0.05) is 12.1 Å². The van der Waals surface area contributed by atoms with E-state index < -0.39 is 0 Å². The van der Waals surface area contributed by atoms with E-state index in [4.69, 9.17) is 4.74 Å². The summed E-state index contributed by atoms with van der Waals surface area (Å²) in [5, 5.41) is 3.96. The molecule has 4 nitrogen and oxygen atoms in total. The van der Waals surface area contributed by atoms with E-state index in [1.807, 2.05) is 42.5 Å². The van der Waals surface area contributed by atoms with Gasteiger partial charge in [0.1, 0.15) is 5.01 Å². The fraction of sp³-hybridized carbons (Fsp3) is 0.300. The second kappa shape index (κ2) is 7.33. The Morgan fingerprint density at radius 3 is 2.80 bits per heavy atom. The van der Waals surface area contributed by atoms with Crippen LogP contribution in [-0.4, -0.2) is 23.6 Å². The van der Waals surface area contributed by atoms with Crippen LogP contribution in [0.4, 0.5) is 5.69 Å². The van der Waals surface area contributed by atoms with Crippen LogP contribution in [-0.2, 0) is 9.53 Å². The summed E-state index contributed by atoms with van der Waals surface area (Å²) in [5.74, 6) is 0.0447. The standard InChI is InChI=1S/C20H20N2O2S/c23-19(12-11-16-4-3-13-24-16)21-15-9-7-14(8-10-15)20-22-17-5-1-2-6-18(17)25-20/h1-2,5-10,16H,3-4,11-13H2,(H,21,23). The summed E-state index contributed by atoms with van der Waals surface area (Å²) >= 11 is 1.68. The van der Waals surface area contributed by atoms with Gasteiger partial charge in [0.2, 0.25) is 5.91 Å². The predicted octanol–water partition coefficient (Wildman–Crippen LogP) is 4.86. The van der Waals surface area contributed by atoms with Crippen LogP contribution in [0.3, 0.4) is 0 Å². The molecule has 1 atom stereocenters. The molecule has 0 bridgehead atoms. The number of nitrogens with one attached hydrogen (secondary N) is 1. The van der Waals surface area contributed by atoms with Gasteiger partial charge in [0.25, 0.3) is 0 Å². The summed E-state index contributed by atoms with van der Waals surface area (Å²) in [6.07, 6.45) is 3.75. The second-order valence-corrected chi connectivity index (χ2v) is 7.32. The fourth-order valence-electron chi connectivity index (χ4n) is 3.08. The molecule has 2 aromatic carbocycles. The van der Waals surface area contributed by atoms with E-state index in [-0.39, 0.29) is 12.0 Å². The van der Waals surface area contributed by atoms with Crippen molar-refractivity contribution in [3.8, 4) is 10.6 Å². The smallest absolute Gasteiger partial charge is 0.224 e. The third-order valence-corrected chi connectivity index (χ3v) is 5.51. The van der Waals surface area contributed by atoms with Crippen molar-refractivity contribution < 1.29 is 9.53 Å². The lowest BCUT2D eigenvalue weighted by atomic mass is 10.1. The van der Waals surface area contributed by atoms with Gasteiger partial charge in [-0.2, -0.15) is 0 Å². The molecule has 4 rings (SSSR count). The van der Waals surface area contributed by atoms with E-state index in [2.05, 4.69) is 16.4 Å². The number of hydrogen-bond acceptors (Lipinski definition) is 4. The number of hydrogen-bond donors (Lipinski definition) is 1. The van der Waals surface area contributed by atoms with Gasteiger partial charge >= 0.3 is 0 Å². The van der Waals surface area contributed by atoms with Crippen molar-refractivity contribution in [1.82, 2.24) is 4.98 Å². The highest BCUT2D eigenvalue weighted by Gasteiger charge is 2.16. The van der Waals surface area contributed by atoms with Crippen LogP contribution in [0, 0.1) is 0 Å². The van der Waals surface area contributed by atoms with Crippen LogP contribution in [0.15, 0.2) is 48.5 Å². The predicted molar refractivity (Wildman–Crippen MR) is 102 cm³/mol. The number of anilines is 1. The normalized spacial score (nSPS) is 17.0. The quantitative estimate of drug-likeness (QED) is 0.713. The molecule has 0 saturated carbocycles. The van der Waals surface area contributed by atoms with Gasteiger partial charge in [-0.15, -0.1) is 11.3 Å². The SMILES string of the molecule is O=C(CCC1CCCO1)Nc1ccc(-c2nc3ccccc3s2)cc1. The number of ether oxygens (including phenoxy) is 1. The Hall–Kier alpha value is -2.24. The van der Waals surface area contributed by atoms with Crippen LogP contribution in [0.25, 0.3) is 20.8 Å². The lowest BCUT2D eigenvalue weighted by Crippen LogP contribution is -2.15. The Morgan fingerprint density at radius 1 is 1.20 bits per heavy atom. The molecule has 128 valence electrons. The largest absolute Gasteiger partial charge is 0.378 e. The van der Waals surface area contributed by atoms with Crippen molar-refractivity contribution in [2.75, 3.05) is 11.9 Å². The Balaban J connectivity index is 1.38. The first-order valence-electron chi connectivity index (χ1n) is 8.65. The average Bonchev–Trinajstić information content (AvgIpc) is 3.30. The lowest BCUT2D eigenvalue weighted by molar-refractivity contribution is -0.116. The third-order valence-electron chi connectivity index (χ3n) is 4.43. The van der Waals surface area contributed by atoms with Gasteiger partial charge in [0.05, 0.1) is 16.3 Å². The summed E-state index contributed by atoms with van der Waals surface area (Å²) < 4.78 is 6.74. The van der Waals surface area contributed by atoms with Gasteiger partial charge in [-0.25, -0.2) is 4.98 Å². The lowest BCUT2D eigenvalue weighted by Gasteiger charge is -2.09. The van der Waals surface area contributed by atoms with E-state index in [1.165, 1.54) is 4.70 Å². The van der Waals surface area contributed by atoms with Gasteiger partial charge < -0.3 is 10.1 Å². The molecule has 1 aliphatic heterocycles. The molecule has 3 aromatic rings. The van der Waals surface area contributed by atoms with Crippen LogP contribution in [0.1, 0.15) is 25.7 Å². The molecule has 1 aliphatic rings. The minimum atomic E-state index is 0.0447. The minimum Gasteiger partial charge on any atom is -0.378 e. The summed E-state index contributed by atoms with van der Waals surface area (Å²) in [5.41, 5.74) is 2.91. The molecular formula is C20H20N2O2S. The monoisotopic (exact) mass is 352 g/mol. The van der Waals surface area contributed by atoms with Gasteiger partial charge in [-0.3, -0.25) is 4.79 Å². The number of carbonyl (C=O) groups is 1. The molecule has 25 heavy (non-hydrogen) atoms. The van der Waals surface area contributed by atoms with E-state index in [1.54, 1.807) is 11.3 Å². The number of carbonyl (C=O) groups excluding carboxylic acids is 1. The molecule has 1 amide bonds. The Labute approximate surface area is 150 Å². The Morgan fingerprint density at radius 2 is 2.04 bits per heavy atom. The van der Waals surface area contributed by atoms with Crippen molar-refractivity contribution in [3.63, 3.8) is 0 Å². The maximum absolute atomic E-state index is 12.1.